The number of thiophene rings is 1. The van der Waals surface area contributed by atoms with Crippen molar-refractivity contribution in [3.8, 4) is 10.6 Å². The molecule has 0 aliphatic carbocycles. The first-order valence-corrected chi connectivity index (χ1v) is 7.74. The van der Waals surface area contributed by atoms with Gasteiger partial charge in [0.1, 0.15) is 5.82 Å². The normalized spacial score (nSPS) is 10.5. The Morgan fingerprint density at radius 1 is 1.17 bits per heavy atom. The van der Waals surface area contributed by atoms with Crippen LogP contribution in [0.4, 0.5) is 10.9 Å². The predicted molar refractivity (Wildman–Crippen MR) is 80.6 cm³/mol. The predicted octanol–water partition coefficient (Wildman–Crippen LogP) is 4.77. The summed E-state index contributed by atoms with van der Waals surface area (Å²) in [5, 5.41) is 8.15. The summed E-state index contributed by atoms with van der Waals surface area (Å²) in [6, 6.07) is 7.96. The van der Waals surface area contributed by atoms with Gasteiger partial charge in [-0.05, 0) is 39.5 Å². The average molecular weight is 338 g/mol. The molecule has 3 aromatic rings. The van der Waals surface area contributed by atoms with Gasteiger partial charge in [0.2, 0.25) is 0 Å². The Balaban J connectivity index is 1.80. The molecule has 0 unspecified atom stereocenters. The highest BCUT2D eigenvalue weighted by atomic mass is 79.9. The Kier molecular flexibility index (Phi) is 3.40. The first kappa shape index (κ1) is 11.8. The highest BCUT2D eigenvalue weighted by molar-refractivity contribution is 9.10. The topological polar surface area (TPSA) is 37.8 Å². The molecule has 3 nitrogen and oxygen atoms in total. The van der Waals surface area contributed by atoms with Crippen molar-refractivity contribution < 1.29 is 0 Å². The number of thiazole rings is 1. The van der Waals surface area contributed by atoms with Gasteiger partial charge < -0.3 is 5.32 Å². The first-order chi connectivity index (χ1) is 8.81. The summed E-state index contributed by atoms with van der Waals surface area (Å²) in [7, 11) is 0. The summed E-state index contributed by atoms with van der Waals surface area (Å²) in [4.78, 5) is 9.98. The lowest BCUT2D eigenvalue weighted by molar-refractivity contribution is 1.28. The summed E-state index contributed by atoms with van der Waals surface area (Å²) in [6.07, 6.45) is 1.76. The van der Waals surface area contributed by atoms with Crippen molar-refractivity contribution in [2.24, 2.45) is 0 Å². The van der Waals surface area contributed by atoms with Crippen LogP contribution in [0.2, 0.25) is 0 Å². The van der Waals surface area contributed by atoms with Crippen molar-refractivity contribution in [1.82, 2.24) is 9.97 Å². The highest BCUT2D eigenvalue weighted by Crippen LogP contribution is 2.29. The number of nitrogens with one attached hydrogen (secondary N) is 1. The molecule has 0 aromatic carbocycles. The van der Waals surface area contributed by atoms with Crippen molar-refractivity contribution >= 4 is 49.6 Å². The minimum atomic E-state index is 0.797. The van der Waals surface area contributed by atoms with Crippen molar-refractivity contribution in [3.63, 3.8) is 0 Å². The third-order valence-electron chi connectivity index (χ3n) is 2.24. The Hall–Kier alpha value is -1.24. The molecule has 3 rings (SSSR count). The van der Waals surface area contributed by atoms with E-state index in [1.807, 2.05) is 23.6 Å². The standard InChI is InChI=1S/C12H8BrN3S2/c13-8-3-4-11(14-6-8)16-12-15-9(7-18-12)10-2-1-5-17-10/h1-7H,(H,14,15,16). The zero-order chi connectivity index (χ0) is 12.4. The number of nitrogens with zero attached hydrogens (tertiary/aromatic N) is 2. The fourth-order valence-corrected chi connectivity index (χ4v) is 3.14. The van der Waals surface area contributed by atoms with Crippen LogP contribution in [0.3, 0.4) is 0 Å². The van der Waals surface area contributed by atoms with E-state index in [1.54, 1.807) is 28.9 Å². The van der Waals surface area contributed by atoms with Crippen LogP contribution in [0.25, 0.3) is 10.6 Å². The molecule has 1 N–H and O–H groups in total. The Morgan fingerprint density at radius 3 is 2.83 bits per heavy atom. The number of hydrogen-bond acceptors (Lipinski definition) is 5. The summed E-state index contributed by atoms with van der Waals surface area (Å²) in [5.41, 5.74) is 1.01. The van der Waals surface area contributed by atoms with Crippen molar-refractivity contribution in [3.05, 3.63) is 45.7 Å². The van der Waals surface area contributed by atoms with Gasteiger partial charge in [-0.2, -0.15) is 0 Å². The molecular formula is C12H8BrN3S2. The zero-order valence-corrected chi connectivity index (χ0v) is 12.3. The Labute approximate surface area is 121 Å². The molecule has 0 atom stereocenters. The molecule has 0 saturated heterocycles. The van der Waals surface area contributed by atoms with E-state index >= 15 is 0 Å². The Bertz CT molecular complexity index is 632. The third kappa shape index (κ3) is 2.60. The van der Waals surface area contributed by atoms with Crippen LogP contribution in [0, 0.1) is 0 Å². The van der Waals surface area contributed by atoms with E-state index in [0.29, 0.717) is 0 Å². The lowest BCUT2D eigenvalue weighted by Gasteiger charge is -2.00. The molecule has 3 aromatic heterocycles. The molecule has 3 heterocycles. The lowest BCUT2D eigenvalue weighted by Crippen LogP contribution is -1.91. The van der Waals surface area contributed by atoms with E-state index in [-0.39, 0.29) is 0 Å². The number of hydrogen-bond donors (Lipinski definition) is 1. The first-order valence-electron chi connectivity index (χ1n) is 5.19. The second-order valence-corrected chi connectivity index (χ2v) is 6.22. The van der Waals surface area contributed by atoms with Crippen LogP contribution >= 0.6 is 38.6 Å². The molecule has 18 heavy (non-hydrogen) atoms. The van der Waals surface area contributed by atoms with Gasteiger partial charge in [-0.1, -0.05) is 6.07 Å². The van der Waals surface area contributed by atoms with Gasteiger partial charge in [0.25, 0.3) is 0 Å². The van der Waals surface area contributed by atoms with E-state index in [4.69, 9.17) is 0 Å². The van der Waals surface area contributed by atoms with E-state index < -0.39 is 0 Å². The molecule has 0 saturated carbocycles. The lowest BCUT2D eigenvalue weighted by atomic mass is 10.4. The quantitative estimate of drug-likeness (QED) is 0.747. The molecule has 0 bridgehead atoms. The van der Waals surface area contributed by atoms with E-state index in [9.17, 15) is 0 Å². The number of anilines is 2. The molecule has 0 aliphatic rings. The molecule has 0 fully saturated rings. The maximum atomic E-state index is 4.54. The van der Waals surface area contributed by atoms with Crippen molar-refractivity contribution in [2.45, 2.75) is 0 Å². The van der Waals surface area contributed by atoms with Crippen molar-refractivity contribution in [2.75, 3.05) is 5.32 Å². The van der Waals surface area contributed by atoms with Crippen LogP contribution in [0.1, 0.15) is 0 Å². The van der Waals surface area contributed by atoms with Gasteiger partial charge in [0.05, 0.1) is 10.6 Å². The maximum Gasteiger partial charge on any atom is 0.188 e. The van der Waals surface area contributed by atoms with Crippen LogP contribution in [0.15, 0.2) is 45.7 Å². The Morgan fingerprint density at radius 2 is 2.11 bits per heavy atom. The fourth-order valence-electron chi connectivity index (χ4n) is 1.43. The largest absolute Gasteiger partial charge is 0.316 e. The molecule has 0 radical (unpaired) electrons. The molecular weight excluding hydrogens is 330 g/mol. The molecule has 0 spiro atoms. The molecule has 6 heteroatoms. The minimum absolute atomic E-state index is 0.797. The number of rotatable bonds is 3. The van der Waals surface area contributed by atoms with Crippen molar-refractivity contribution in [1.29, 1.82) is 0 Å². The summed E-state index contributed by atoms with van der Waals surface area (Å²) >= 11 is 6.63. The van der Waals surface area contributed by atoms with E-state index in [2.05, 4.69) is 42.7 Å². The number of pyridine rings is 1. The maximum absolute atomic E-state index is 4.54. The van der Waals surface area contributed by atoms with Gasteiger partial charge in [-0.3, -0.25) is 0 Å². The van der Waals surface area contributed by atoms with Gasteiger partial charge in [0, 0.05) is 16.0 Å². The monoisotopic (exact) mass is 337 g/mol. The van der Waals surface area contributed by atoms with Crippen LogP contribution < -0.4 is 5.32 Å². The molecule has 90 valence electrons. The third-order valence-corrected chi connectivity index (χ3v) is 4.36. The van der Waals surface area contributed by atoms with Gasteiger partial charge in [-0.25, -0.2) is 9.97 Å². The SMILES string of the molecule is Brc1ccc(Nc2nc(-c3cccs3)cs2)nc1. The second-order valence-electron chi connectivity index (χ2n) is 3.50. The average Bonchev–Trinajstić information content (AvgIpc) is 3.02. The van der Waals surface area contributed by atoms with Crippen LogP contribution in [-0.2, 0) is 0 Å². The molecule has 0 amide bonds. The summed E-state index contributed by atoms with van der Waals surface area (Å²) in [6.45, 7) is 0. The van der Waals surface area contributed by atoms with Crippen LogP contribution in [-0.4, -0.2) is 9.97 Å². The molecule has 0 aliphatic heterocycles. The number of halogens is 1. The van der Waals surface area contributed by atoms with Gasteiger partial charge in [-0.15, -0.1) is 22.7 Å². The van der Waals surface area contributed by atoms with Gasteiger partial charge >= 0.3 is 0 Å². The second kappa shape index (κ2) is 5.17. The number of aromatic nitrogens is 2. The van der Waals surface area contributed by atoms with Gasteiger partial charge in [0.15, 0.2) is 5.13 Å². The highest BCUT2D eigenvalue weighted by Gasteiger charge is 2.05. The zero-order valence-electron chi connectivity index (χ0n) is 9.13. The summed E-state index contributed by atoms with van der Waals surface area (Å²) in [5.74, 6) is 0.797. The fraction of sp³-hybridized carbons (Fsp3) is 0. The summed E-state index contributed by atoms with van der Waals surface area (Å²) < 4.78 is 0.964. The van der Waals surface area contributed by atoms with E-state index in [1.165, 1.54) is 4.88 Å². The minimum Gasteiger partial charge on any atom is -0.316 e. The van der Waals surface area contributed by atoms with E-state index in [0.717, 1.165) is 21.1 Å². The smallest absolute Gasteiger partial charge is 0.188 e. The van der Waals surface area contributed by atoms with Crippen LogP contribution in [0.5, 0.6) is 0 Å².